The van der Waals surface area contributed by atoms with Crippen molar-refractivity contribution in [2.45, 2.75) is 150 Å². The van der Waals surface area contributed by atoms with E-state index in [1.165, 1.54) is 103 Å². The highest BCUT2D eigenvalue weighted by molar-refractivity contribution is 6.15. The molecule has 0 N–H and O–H groups in total. The Labute approximate surface area is 169 Å². The molecule has 0 rings (SSSR count). The molecule has 0 aliphatic rings. The number of hydrogen-bond donors (Lipinski definition) is 0. The van der Waals surface area contributed by atoms with Crippen molar-refractivity contribution in [3.05, 3.63) is 0 Å². The highest BCUT2D eigenvalue weighted by atomic mass is 14.2. The van der Waals surface area contributed by atoms with Crippen LogP contribution >= 0.6 is 0 Å². The summed E-state index contributed by atoms with van der Waals surface area (Å²) in [5.74, 6) is 0.941. The van der Waals surface area contributed by atoms with Crippen LogP contribution < -0.4 is 0 Å². The molecule has 2 unspecified atom stereocenters. The largest absolute Gasteiger partial charge is 0.109 e. The van der Waals surface area contributed by atoms with Crippen molar-refractivity contribution in [1.82, 2.24) is 0 Å². The summed E-state index contributed by atoms with van der Waals surface area (Å²) in [6.45, 7) is 14.3. The van der Waals surface area contributed by atoms with E-state index in [0.29, 0.717) is 10.7 Å². The molecule has 0 aliphatic heterocycles. The second-order valence-corrected chi connectivity index (χ2v) is 10.8. The van der Waals surface area contributed by atoms with Gasteiger partial charge in [0.15, 0.2) is 0 Å². The van der Waals surface area contributed by atoms with Gasteiger partial charge in [-0.15, -0.1) is 0 Å². The third-order valence-electron chi connectivity index (χ3n) is 6.59. The zero-order valence-electron chi connectivity index (χ0n) is 19.9. The molecule has 0 radical (unpaired) electrons. The summed E-state index contributed by atoms with van der Waals surface area (Å²) in [6, 6.07) is 0. The van der Waals surface area contributed by atoms with Gasteiger partial charge in [-0.3, -0.25) is 0 Å². The molecule has 0 saturated carbocycles. The van der Waals surface area contributed by atoms with E-state index in [2.05, 4.69) is 49.4 Å². The van der Waals surface area contributed by atoms with E-state index in [4.69, 9.17) is 0 Å². The lowest BCUT2D eigenvalue weighted by Crippen LogP contribution is -2.12. The lowest BCUT2D eigenvalue weighted by atomic mass is 9.61. The number of hydrogen-bond acceptors (Lipinski definition) is 0. The molecule has 1 heteroatoms. The first-order chi connectivity index (χ1) is 12.2. The first-order valence-electron chi connectivity index (χ1n) is 12.2. The molecule has 0 aromatic heterocycles. The lowest BCUT2D eigenvalue weighted by Gasteiger charge is -2.29. The van der Waals surface area contributed by atoms with Gasteiger partial charge in [-0.25, -0.2) is 0 Å². The van der Waals surface area contributed by atoms with E-state index in [1.54, 1.807) is 0 Å². The fourth-order valence-corrected chi connectivity index (χ4v) is 4.16. The van der Waals surface area contributed by atoms with E-state index in [1.807, 2.05) is 0 Å². The zero-order chi connectivity index (χ0) is 19.9. The summed E-state index contributed by atoms with van der Waals surface area (Å²) in [6.07, 6.45) is 22.9. The number of unbranched alkanes of at least 4 members (excludes halogenated alkanes) is 7. The minimum atomic E-state index is 0.524. The van der Waals surface area contributed by atoms with Crippen LogP contribution in [0, 0.1) is 11.3 Å². The van der Waals surface area contributed by atoms with Crippen LogP contribution in [-0.2, 0) is 0 Å². The van der Waals surface area contributed by atoms with Crippen LogP contribution in [0.5, 0.6) is 0 Å². The summed E-state index contributed by atoms with van der Waals surface area (Å²) >= 11 is 0. The average molecular weight is 365 g/mol. The lowest BCUT2D eigenvalue weighted by molar-refractivity contribution is 0.354. The summed E-state index contributed by atoms with van der Waals surface area (Å²) in [4.78, 5) is 0. The molecule has 0 aromatic rings. The molecule has 156 valence electrons. The normalized spacial score (nSPS) is 15.8. The minimum absolute atomic E-state index is 0.524. The van der Waals surface area contributed by atoms with Gasteiger partial charge in [0.05, 0.1) is 0 Å². The molecule has 0 spiro atoms. The number of rotatable bonds is 17. The van der Waals surface area contributed by atoms with Crippen molar-refractivity contribution in [3.63, 3.8) is 0 Å². The highest BCUT2D eigenvalue weighted by Crippen LogP contribution is 2.39. The van der Waals surface area contributed by atoms with Crippen LogP contribution in [0.4, 0.5) is 0 Å². The monoisotopic (exact) mass is 364 g/mol. The van der Waals surface area contributed by atoms with E-state index in [0.717, 1.165) is 5.92 Å². The Kier molecular flexibility index (Phi) is 15.1. The third kappa shape index (κ3) is 16.3. The van der Waals surface area contributed by atoms with Crippen molar-refractivity contribution in [2.75, 3.05) is 0 Å². The summed E-state index contributed by atoms with van der Waals surface area (Å²) in [7, 11) is 2.55. The Balaban J connectivity index is 3.71. The molecule has 0 bridgehead atoms. The van der Waals surface area contributed by atoms with Crippen LogP contribution in [0.1, 0.15) is 144 Å². The predicted octanol–water partition coefficient (Wildman–Crippen LogP) is 8.74. The van der Waals surface area contributed by atoms with Gasteiger partial charge >= 0.3 is 0 Å². The predicted molar refractivity (Wildman–Crippen MR) is 125 cm³/mol. The molecular weight excluding hydrogens is 311 g/mol. The van der Waals surface area contributed by atoms with Gasteiger partial charge in [-0.2, -0.15) is 0 Å². The van der Waals surface area contributed by atoms with Gasteiger partial charge in [0.1, 0.15) is 7.85 Å². The van der Waals surface area contributed by atoms with Crippen LogP contribution in [0.15, 0.2) is 0 Å². The van der Waals surface area contributed by atoms with Crippen molar-refractivity contribution < 1.29 is 0 Å². The molecule has 0 nitrogen and oxygen atoms in total. The fourth-order valence-electron chi connectivity index (χ4n) is 4.16. The van der Waals surface area contributed by atoms with Gasteiger partial charge in [0.2, 0.25) is 0 Å². The molecule has 2 atom stereocenters. The smallest absolute Gasteiger partial charge is 0.0655 e. The minimum Gasteiger partial charge on any atom is -0.0655 e. The molecule has 26 heavy (non-hydrogen) atoms. The van der Waals surface area contributed by atoms with E-state index >= 15 is 0 Å². The van der Waals surface area contributed by atoms with Crippen LogP contribution in [-0.4, -0.2) is 7.85 Å². The van der Waals surface area contributed by atoms with Crippen LogP contribution in [0.2, 0.25) is 5.31 Å². The van der Waals surface area contributed by atoms with Crippen molar-refractivity contribution >= 4 is 7.85 Å². The maximum absolute atomic E-state index is 2.55. The molecule has 0 fully saturated rings. The Morgan fingerprint density at radius 2 is 1.15 bits per heavy atom. The topological polar surface area (TPSA) is 0 Å². The zero-order valence-corrected chi connectivity index (χ0v) is 19.9. The van der Waals surface area contributed by atoms with Crippen LogP contribution in [0.3, 0.4) is 0 Å². The second kappa shape index (κ2) is 15.0. The van der Waals surface area contributed by atoms with Gasteiger partial charge in [0.25, 0.3) is 0 Å². The van der Waals surface area contributed by atoms with Crippen molar-refractivity contribution in [2.24, 2.45) is 11.3 Å². The van der Waals surface area contributed by atoms with Crippen molar-refractivity contribution in [3.8, 4) is 0 Å². The maximum Gasteiger partial charge on any atom is 0.109 e. The second-order valence-electron chi connectivity index (χ2n) is 10.8. The van der Waals surface area contributed by atoms with E-state index in [9.17, 15) is 0 Å². The molecule has 0 heterocycles. The third-order valence-corrected chi connectivity index (χ3v) is 6.59. The first kappa shape index (κ1) is 26.1. The van der Waals surface area contributed by atoms with Gasteiger partial charge in [-0.1, -0.05) is 143 Å². The molecular formula is C25H53B. The fraction of sp³-hybridized carbons (Fsp3) is 1.00. The summed E-state index contributed by atoms with van der Waals surface area (Å²) < 4.78 is 0. The summed E-state index contributed by atoms with van der Waals surface area (Å²) in [5, 5.41) is 0.607. The van der Waals surface area contributed by atoms with Crippen LogP contribution in [0.25, 0.3) is 0 Å². The molecule has 0 aromatic carbocycles. The molecule has 0 amide bonds. The average Bonchev–Trinajstić information content (AvgIpc) is 2.56. The highest BCUT2D eigenvalue weighted by Gasteiger charge is 2.21. The molecule has 0 aliphatic carbocycles. The van der Waals surface area contributed by atoms with Gasteiger partial charge < -0.3 is 0 Å². The Hall–Kier alpha value is 0.0649. The molecule has 0 saturated heterocycles. The Morgan fingerprint density at radius 3 is 1.69 bits per heavy atom. The Bertz CT molecular complexity index is 304. The van der Waals surface area contributed by atoms with E-state index < -0.39 is 0 Å². The van der Waals surface area contributed by atoms with Gasteiger partial charge in [0, 0.05) is 0 Å². The quantitative estimate of drug-likeness (QED) is 0.179. The maximum atomic E-state index is 2.55. The standard InChI is InChI=1S/C25H53B/c1-7-9-14-18-23(3)19-17-22-25(26,8-2)21-16-13-11-10-12-15-20-24(4,5)6/h23H,7-22,26H2,1-6H3. The van der Waals surface area contributed by atoms with E-state index in [-0.39, 0.29) is 0 Å². The first-order valence-corrected chi connectivity index (χ1v) is 12.2. The summed E-state index contributed by atoms with van der Waals surface area (Å²) in [5.41, 5.74) is 0.524. The Morgan fingerprint density at radius 1 is 0.654 bits per heavy atom. The van der Waals surface area contributed by atoms with Gasteiger partial charge in [-0.05, 0) is 17.8 Å². The SMILES string of the molecule is BC(CC)(CCCCCCCCC(C)(C)C)CCCC(C)CCCCC. The van der Waals surface area contributed by atoms with Crippen molar-refractivity contribution in [1.29, 1.82) is 0 Å².